The van der Waals surface area contributed by atoms with Crippen LogP contribution >= 0.6 is 0 Å². The molecule has 1 aliphatic rings. The number of carbonyl (C=O) groups is 2. The van der Waals surface area contributed by atoms with Crippen molar-refractivity contribution < 1.29 is 14.3 Å². The molecule has 156 valence electrons. The molecule has 0 bridgehead atoms. The van der Waals surface area contributed by atoms with E-state index in [0.717, 1.165) is 0 Å². The number of nitrogens with one attached hydrogen (secondary N) is 1. The smallest absolute Gasteiger partial charge is 0.196 e. The summed E-state index contributed by atoms with van der Waals surface area (Å²) in [5, 5.41) is 3.23. The number of ketones is 2. The third-order valence-electron chi connectivity index (χ3n) is 5.36. The van der Waals surface area contributed by atoms with Gasteiger partial charge in [0.15, 0.2) is 17.3 Å². The van der Waals surface area contributed by atoms with E-state index >= 15 is 0 Å². The summed E-state index contributed by atoms with van der Waals surface area (Å²) in [6, 6.07) is 24.6. The minimum absolute atomic E-state index is 0.125. The van der Waals surface area contributed by atoms with Crippen molar-refractivity contribution in [1.82, 2.24) is 0 Å². The highest BCUT2D eigenvalue weighted by Crippen LogP contribution is 2.42. The van der Waals surface area contributed by atoms with Crippen LogP contribution in [0.15, 0.2) is 84.9 Å². The summed E-state index contributed by atoms with van der Waals surface area (Å²) in [6.45, 7) is 0. The van der Waals surface area contributed by atoms with Gasteiger partial charge in [-0.05, 0) is 36.4 Å². The average Bonchev–Trinajstić information content (AvgIpc) is 2.81. The summed E-state index contributed by atoms with van der Waals surface area (Å²) in [4.78, 5) is 26.8. The van der Waals surface area contributed by atoms with E-state index in [0.29, 0.717) is 33.9 Å². The topological polar surface area (TPSA) is 107 Å². The molecule has 0 saturated carbocycles. The van der Waals surface area contributed by atoms with Gasteiger partial charge < -0.3 is 21.5 Å². The van der Waals surface area contributed by atoms with Gasteiger partial charge in [0.2, 0.25) is 0 Å². The quantitative estimate of drug-likeness (QED) is 0.346. The number of nitrogen functional groups attached to an aromatic ring is 2. The summed E-state index contributed by atoms with van der Waals surface area (Å²) >= 11 is 0. The molecule has 6 nitrogen and oxygen atoms in total. The summed E-state index contributed by atoms with van der Waals surface area (Å²) in [5.74, 6) is 0.263. The lowest BCUT2D eigenvalue weighted by Gasteiger charge is -2.24. The molecular formula is C26H19N3O3. The van der Waals surface area contributed by atoms with Gasteiger partial charge in [-0.2, -0.15) is 0 Å². The molecule has 32 heavy (non-hydrogen) atoms. The number of hydrogen-bond acceptors (Lipinski definition) is 6. The standard InChI is InChI=1S/C26H19N3O3/c27-15-10-12-16(13-11-15)29-20-14-21(32-17-6-2-1-3-7-17)24(28)23-22(20)25(30)18-8-4-5-9-19(18)26(23)31/h1-14,29H,27-28H2. The van der Waals surface area contributed by atoms with Crippen LogP contribution in [-0.2, 0) is 0 Å². The van der Waals surface area contributed by atoms with Crippen molar-refractivity contribution in [3.05, 3.63) is 107 Å². The van der Waals surface area contributed by atoms with Crippen LogP contribution in [0, 0.1) is 0 Å². The molecule has 0 atom stereocenters. The molecule has 0 unspecified atom stereocenters. The fourth-order valence-electron chi connectivity index (χ4n) is 3.81. The van der Waals surface area contributed by atoms with E-state index < -0.39 is 0 Å². The number of hydrogen-bond donors (Lipinski definition) is 3. The second kappa shape index (κ2) is 7.59. The van der Waals surface area contributed by atoms with Crippen molar-refractivity contribution in [1.29, 1.82) is 0 Å². The highest BCUT2D eigenvalue weighted by atomic mass is 16.5. The number of ether oxygens (including phenoxy) is 1. The molecule has 4 aromatic carbocycles. The first-order valence-corrected chi connectivity index (χ1v) is 10.0. The van der Waals surface area contributed by atoms with Gasteiger partial charge in [0, 0.05) is 28.6 Å². The van der Waals surface area contributed by atoms with E-state index in [1.54, 1.807) is 66.7 Å². The second-order valence-electron chi connectivity index (χ2n) is 7.45. The Labute approximate surface area is 184 Å². The molecule has 0 aliphatic heterocycles. The van der Waals surface area contributed by atoms with E-state index in [4.69, 9.17) is 16.2 Å². The lowest BCUT2D eigenvalue weighted by Crippen LogP contribution is -2.24. The van der Waals surface area contributed by atoms with Crippen molar-refractivity contribution in [2.75, 3.05) is 16.8 Å². The SMILES string of the molecule is Nc1ccc(Nc2cc(Oc3ccccc3)c(N)c3c2C(=O)c2ccccc2C3=O)cc1. The van der Waals surface area contributed by atoms with Gasteiger partial charge in [-0.1, -0.05) is 42.5 Å². The highest BCUT2D eigenvalue weighted by Gasteiger charge is 2.35. The van der Waals surface area contributed by atoms with Crippen LogP contribution in [0.1, 0.15) is 31.8 Å². The predicted octanol–water partition coefficient (Wildman–Crippen LogP) is 5.16. The third kappa shape index (κ3) is 3.24. The monoisotopic (exact) mass is 421 g/mol. The Morgan fingerprint density at radius 1 is 0.688 bits per heavy atom. The fraction of sp³-hybridized carbons (Fsp3) is 0. The van der Waals surface area contributed by atoms with Crippen LogP contribution in [0.4, 0.5) is 22.7 Å². The Hall–Kier alpha value is -4.58. The maximum atomic E-state index is 13.4. The third-order valence-corrected chi connectivity index (χ3v) is 5.36. The van der Waals surface area contributed by atoms with Gasteiger partial charge in [0.25, 0.3) is 0 Å². The number of fused-ring (bicyclic) bond motifs is 2. The minimum Gasteiger partial charge on any atom is -0.455 e. The molecule has 0 amide bonds. The first-order chi connectivity index (χ1) is 15.5. The minimum atomic E-state index is -0.313. The van der Waals surface area contributed by atoms with Crippen molar-refractivity contribution >= 4 is 34.3 Å². The van der Waals surface area contributed by atoms with Crippen LogP contribution in [0.3, 0.4) is 0 Å². The maximum absolute atomic E-state index is 13.4. The number of anilines is 4. The Balaban J connectivity index is 1.70. The Kier molecular flexibility index (Phi) is 4.60. The van der Waals surface area contributed by atoms with Gasteiger partial charge in [-0.15, -0.1) is 0 Å². The molecule has 1 aliphatic carbocycles. The molecule has 0 spiro atoms. The second-order valence-corrected chi connectivity index (χ2v) is 7.45. The van der Waals surface area contributed by atoms with Gasteiger partial charge in [-0.3, -0.25) is 9.59 Å². The molecule has 0 saturated heterocycles. The van der Waals surface area contributed by atoms with Crippen LogP contribution in [0.5, 0.6) is 11.5 Å². The van der Waals surface area contributed by atoms with Crippen molar-refractivity contribution in [2.45, 2.75) is 0 Å². The molecule has 4 aromatic rings. The van der Waals surface area contributed by atoms with Gasteiger partial charge >= 0.3 is 0 Å². The molecular weight excluding hydrogens is 402 g/mol. The molecule has 0 heterocycles. The largest absolute Gasteiger partial charge is 0.455 e. The number of nitrogens with two attached hydrogens (primary N) is 2. The van der Waals surface area contributed by atoms with E-state index in [2.05, 4.69) is 5.32 Å². The first kappa shape index (κ1) is 19.4. The Bertz CT molecular complexity index is 1360. The maximum Gasteiger partial charge on any atom is 0.196 e. The Morgan fingerprint density at radius 2 is 1.28 bits per heavy atom. The summed E-state index contributed by atoms with van der Waals surface area (Å²) in [6.07, 6.45) is 0. The molecule has 0 aromatic heterocycles. The zero-order valence-electron chi connectivity index (χ0n) is 17.0. The van der Waals surface area contributed by atoms with Crippen LogP contribution in [-0.4, -0.2) is 11.6 Å². The number of carbonyl (C=O) groups excluding carboxylic acids is 2. The molecule has 6 heteroatoms. The normalized spacial score (nSPS) is 12.1. The van der Waals surface area contributed by atoms with Crippen molar-refractivity contribution in [3.63, 3.8) is 0 Å². The van der Waals surface area contributed by atoms with Gasteiger partial charge in [-0.25, -0.2) is 0 Å². The van der Waals surface area contributed by atoms with Gasteiger partial charge in [0.05, 0.1) is 22.5 Å². The lowest BCUT2D eigenvalue weighted by molar-refractivity contribution is 0.0980. The molecule has 5 rings (SSSR count). The van der Waals surface area contributed by atoms with E-state index in [1.807, 2.05) is 18.2 Å². The summed E-state index contributed by atoms with van der Waals surface area (Å²) < 4.78 is 6.00. The fourth-order valence-corrected chi connectivity index (χ4v) is 3.81. The van der Waals surface area contributed by atoms with Crippen molar-refractivity contribution in [2.24, 2.45) is 0 Å². The van der Waals surface area contributed by atoms with E-state index in [9.17, 15) is 9.59 Å². The lowest BCUT2D eigenvalue weighted by atomic mass is 9.82. The number of benzene rings is 4. The van der Waals surface area contributed by atoms with E-state index in [1.165, 1.54) is 0 Å². The number of para-hydroxylation sites is 1. The molecule has 0 fully saturated rings. The van der Waals surface area contributed by atoms with Crippen LogP contribution in [0.25, 0.3) is 0 Å². The zero-order chi connectivity index (χ0) is 22.2. The first-order valence-electron chi connectivity index (χ1n) is 10.0. The summed E-state index contributed by atoms with van der Waals surface area (Å²) in [7, 11) is 0. The predicted molar refractivity (Wildman–Crippen MR) is 125 cm³/mol. The zero-order valence-corrected chi connectivity index (χ0v) is 17.0. The van der Waals surface area contributed by atoms with Crippen molar-refractivity contribution in [3.8, 4) is 11.5 Å². The van der Waals surface area contributed by atoms with Crippen LogP contribution < -0.4 is 21.5 Å². The Morgan fingerprint density at radius 3 is 1.94 bits per heavy atom. The van der Waals surface area contributed by atoms with Gasteiger partial charge in [0.1, 0.15) is 5.75 Å². The summed E-state index contributed by atoms with van der Waals surface area (Å²) in [5.41, 5.74) is 15.1. The number of rotatable bonds is 4. The molecule has 5 N–H and O–H groups in total. The molecule has 0 radical (unpaired) electrons. The average molecular weight is 421 g/mol. The van der Waals surface area contributed by atoms with E-state index in [-0.39, 0.29) is 34.1 Å². The van der Waals surface area contributed by atoms with Crippen LogP contribution in [0.2, 0.25) is 0 Å². The highest BCUT2D eigenvalue weighted by molar-refractivity contribution is 6.32.